The van der Waals surface area contributed by atoms with Crippen LogP contribution >= 0.6 is 0 Å². The summed E-state index contributed by atoms with van der Waals surface area (Å²) in [6, 6.07) is 6.81. The number of carbonyl (C=O) groups is 2. The maximum atomic E-state index is 11.2. The number of carbonyl (C=O) groups excluding carboxylic acids is 1. The number of carboxylic acids is 1. The minimum absolute atomic E-state index is 0.00912. The van der Waals surface area contributed by atoms with Crippen molar-refractivity contribution in [2.45, 2.75) is 6.42 Å². The highest BCUT2D eigenvalue weighted by Crippen LogP contribution is 2.12. The second kappa shape index (κ2) is 6.13. The summed E-state index contributed by atoms with van der Waals surface area (Å²) in [7, 11) is 0. The molecule has 1 rings (SSSR count). The van der Waals surface area contributed by atoms with Crippen LogP contribution in [0.15, 0.2) is 30.3 Å². The molecule has 0 aliphatic heterocycles. The molecule has 0 saturated carbocycles. The Bertz CT molecular complexity index is 498. The van der Waals surface area contributed by atoms with Gasteiger partial charge >= 0.3 is 5.97 Å². The second-order valence-electron chi connectivity index (χ2n) is 3.23. The lowest BCUT2D eigenvalue weighted by molar-refractivity contribution is -0.131. The average Bonchev–Trinajstić information content (AvgIpc) is 2.27. The van der Waals surface area contributed by atoms with Gasteiger partial charge in [-0.3, -0.25) is 4.79 Å². The minimum Gasteiger partial charge on any atom is -0.478 e. The third-order valence-electron chi connectivity index (χ3n) is 1.85. The van der Waals surface area contributed by atoms with Gasteiger partial charge in [0.1, 0.15) is 0 Å². The summed E-state index contributed by atoms with van der Waals surface area (Å²) in [6.45, 7) is 0. The number of terminal acetylenes is 1. The van der Waals surface area contributed by atoms with Gasteiger partial charge in [-0.15, -0.1) is 6.42 Å². The van der Waals surface area contributed by atoms with Crippen LogP contribution in [0.5, 0.6) is 0 Å². The number of rotatable bonds is 4. The van der Waals surface area contributed by atoms with Crippen LogP contribution in [0.3, 0.4) is 0 Å². The molecule has 0 radical (unpaired) electrons. The summed E-state index contributed by atoms with van der Waals surface area (Å²) in [5, 5.41) is 11.1. The van der Waals surface area contributed by atoms with E-state index < -0.39 is 5.97 Å². The molecule has 1 aromatic carbocycles. The minimum atomic E-state index is -1.02. The summed E-state index contributed by atoms with van der Waals surface area (Å²) >= 11 is 0. The fourth-order valence-electron chi connectivity index (χ4n) is 1.19. The van der Waals surface area contributed by atoms with Crippen LogP contribution in [-0.4, -0.2) is 17.0 Å². The molecule has 0 aliphatic rings. The zero-order valence-electron chi connectivity index (χ0n) is 9.01. The van der Waals surface area contributed by atoms with Gasteiger partial charge < -0.3 is 10.4 Å². The average molecular weight is 229 g/mol. The predicted molar refractivity (Wildman–Crippen MR) is 65.2 cm³/mol. The van der Waals surface area contributed by atoms with Crippen molar-refractivity contribution in [2.75, 3.05) is 5.32 Å². The fraction of sp³-hybridized carbons (Fsp3) is 0.0769. The summed E-state index contributed by atoms with van der Waals surface area (Å²) in [4.78, 5) is 21.6. The molecule has 0 fully saturated rings. The standard InChI is InChI=1S/C13H11NO3/c1-2-4-12(15)14-11-6-3-5-10(9-11)7-8-13(16)17/h1,3,5-9H,4H2,(H,14,15)(H,16,17)/b8-7+. The first-order chi connectivity index (χ1) is 8.11. The number of carboxylic acid groups (broad SMARTS) is 1. The van der Waals surface area contributed by atoms with Crippen LogP contribution in [0.4, 0.5) is 5.69 Å². The van der Waals surface area contributed by atoms with E-state index in [1.54, 1.807) is 24.3 Å². The third-order valence-corrected chi connectivity index (χ3v) is 1.85. The molecule has 0 heterocycles. The summed E-state index contributed by atoms with van der Waals surface area (Å²) in [5.74, 6) is 0.946. The van der Waals surface area contributed by atoms with Crippen LogP contribution in [0.2, 0.25) is 0 Å². The van der Waals surface area contributed by atoms with E-state index in [1.165, 1.54) is 6.08 Å². The van der Waals surface area contributed by atoms with E-state index in [1.807, 2.05) is 0 Å². The third kappa shape index (κ3) is 4.67. The molecular formula is C13H11NO3. The van der Waals surface area contributed by atoms with Gasteiger partial charge in [0.15, 0.2) is 0 Å². The molecule has 0 aromatic heterocycles. The Kier molecular flexibility index (Phi) is 4.52. The Labute approximate surface area is 99.0 Å². The monoisotopic (exact) mass is 229 g/mol. The Balaban J connectivity index is 2.76. The Morgan fingerprint density at radius 1 is 1.47 bits per heavy atom. The molecule has 4 heteroatoms. The van der Waals surface area contributed by atoms with Crippen molar-refractivity contribution in [3.05, 3.63) is 35.9 Å². The van der Waals surface area contributed by atoms with E-state index in [0.717, 1.165) is 6.08 Å². The topological polar surface area (TPSA) is 66.4 Å². The maximum absolute atomic E-state index is 11.2. The number of nitrogens with one attached hydrogen (secondary N) is 1. The van der Waals surface area contributed by atoms with Crippen molar-refractivity contribution in [2.24, 2.45) is 0 Å². The lowest BCUT2D eigenvalue weighted by Gasteiger charge is -2.03. The summed E-state index contributed by atoms with van der Waals surface area (Å²) in [5.41, 5.74) is 1.27. The van der Waals surface area contributed by atoms with Crippen LogP contribution in [0.25, 0.3) is 6.08 Å². The van der Waals surface area contributed by atoms with Crippen molar-refractivity contribution in [3.8, 4) is 12.3 Å². The summed E-state index contributed by atoms with van der Waals surface area (Å²) in [6.07, 6.45) is 7.49. The molecule has 1 aromatic rings. The zero-order valence-corrected chi connectivity index (χ0v) is 9.01. The molecule has 0 saturated heterocycles. The van der Waals surface area contributed by atoms with Gasteiger partial charge in [0.2, 0.25) is 5.91 Å². The highest BCUT2D eigenvalue weighted by atomic mass is 16.4. The van der Waals surface area contributed by atoms with Gasteiger partial charge in [-0.1, -0.05) is 18.1 Å². The van der Waals surface area contributed by atoms with Crippen molar-refractivity contribution < 1.29 is 14.7 Å². The number of hydrogen-bond acceptors (Lipinski definition) is 2. The Morgan fingerprint density at radius 2 is 2.24 bits per heavy atom. The number of anilines is 1. The molecule has 86 valence electrons. The van der Waals surface area contributed by atoms with Crippen LogP contribution in [0.1, 0.15) is 12.0 Å². The number of aliphatic carboxylic acids is 1. The van der Waals surface area contributed by atoms with E-state index >= 15 is 0 Å². The van der Waals surface area contributed by atoms with E-state index in [9.17, 15) is 9.59 Å². The number of amides is 1. The van der Waals surface area contributed by atoms with Gasteiger partial charge in [-0.05, 0) is 23.8 Å². The van der Waals surface area contributed by atoms with E-state index in [-0.39, 0.29) is 12.3 Å². The molecule has 1 amide bonds. The molecular weight excluding hydrogens is 218 g/mol. The van der Waals surface area contributed by atoms with Gasteiger partial charge in [0, 0.05) is 11.8 Å². The molecule has 4 nitrogen and oxygen atoms in total. The van der Waals surface area contributed by atoms with E-state index in [4.69, 9.17) is 11.5 Å². The van der Waals surface area contributed by atoms with Gasteiger partial charge in [-0.25, -0.2) is 4.79 Å². The van der Waals surface area contributed by atoms with Crippen LogP contribution in [-0.2, 0) is 9.59 Å². The van der Waals surface area contributed by atoms with Crippen molar-refractivity contribution >= 4 is 23.6 Å². The number of hydrogen-bond donors (Lipinski definition) is 2. The highest BCUT2D eigenvalue weighted by Gasteiger charge is 2.00. The highest BCUT2D eigenvalue weighted by molar-refractivity contribution is 5.92. The lowest BCUT2D eigenvalue weighted by Crippen LogP contribution is -2.09. The van der Waals surface area contributed by atoms with Crippen molar-refractivity contribution in [3.63, 3.8) is 0 Å². The SMILES string of the molecule is C#CCC(=O)Nc1cccc(/C=C/C(=O)O)c1. The Hall–Kier alpha value is -2.54. The van der Waals surface area contributed by atoms with Gasteiger partial charge in [0.25, 0.3) is 0 Å². The first kappa shape index (κ1) is 12.5. The maximum Gasteiger partial charge on any atom is 0.328 e. The molecule has 0 bridgehead atoms. The van der Waals surface area contributed by atoms with E-state index in [0.29, 0.717) is 11.3 Å². The zero-order chi connectivity index (χ0) is 12.7. The second-order valence-corrected chi connectivity index (χ2v) is 3.23. The van der Waals surface area contributed by atoms with Crippen molar-refractivity contribution in [1.29, 1.82) is 0 Å². The Morgan fingerprint density at radius 3 is 2.88 bits per heavy atom. The number of benzene rings is 1. The normalized spacial score (nSPS) is 9.82. The van der Waals surface area contributed by atoms with Crippen LogP contribution in [0, 0.1) is 12.3 Å². The molecule has 17 heavy (non-hydrogen) atoms. The predicted octanol–water partition coefficient (Wildman–Crippen LogP) is 1.75. The largest absolute Gasteiger partial charge is 0.478 e. The van der Waals surface area contributed by atoms with Crippen LogP contribution < -0.4 is 5.32 Å². The molecule has 0 spiro atoms. The smallest absolute Gasteiger partial charge is 0.328 e. The van der Waals surface area contributed by atoms with Gasteiger partial charge in [0.05, 0.1) is 6.42 Å². The van der Waals surface area contributed by atoms with Gasteiger partial charge in [-0.2, -0.15) is 0 Å². The molecule has 0 atom stereocenters. The molecule has 0 aliphatic carbocycles. The summed E-state index contributed by atoms with van der Waals surface area (Å²) < 4.78 is 0. The first-order valence-corrected chi connectivity index (χ1v) is 4.86. The van der Waals surface area contributed by atoms with E-state index in [2.05, 4.69) is 11.2 Å². The molecule has 0 unspecified atom stereocenters. The first-order valence-electron chi connectivity index (χ1n) is 4.86. The molecule has 2 N–H and O–H groups in total. The fourth-order valence-corrected chi connectivity index (χ4v) is 1.19. The quantitative estimate of drug-likeness (QED) is 0.610. The lowest BCUT2D eigenvalue weighted by atomic mass is 10.2. The van der Waals surface area contributed by atoms with Crippen molar-refractivity contribution in [1.82, 2.24) is 0 Å².